The first-order valence-corrected chi connectivity index (χ1v) is 2.68. The topological polar surface area (TPSA) is 0 Å². The van der Waals surface area contributed by atoms with Crippen LogP contribution >= 0.6 is 0 Å². The van der Waals surface area contributed by atoms with Gasteiger partial charge in [0.15, 0.2) is 0 Å². The molecule has 0 amide bonds. The van der Waals surface area contributed by atoms with E-state index in [1.54, 1.807) is 0 Å². The van der Waals surface area contributed by atoms with Crippen molar-refractivity contribution in [3.05, 3.63) is 30.2 Å². The van der Waals surface area contributed by atoms with Crippen LogP contribution in [-0.4, -0.2) is 6.18 Å². The summed E-state index contributed by atoms with van der Waals surface area (Å²) in [4.78, 5) is 0. The molecule has 3 radical (unpaired) electrons. The molecule has 0 N–H and O–H groups in total. The fourth-order valence-electron chi connectivity index (χ4n) is 0.601. The Bertz CT molecular complexity index is 174. The third kappa shape index (κ3) is 1.62. The molecule has 0 aromatic rings. The number of halogens is 3. The summed E-state index contributed by atoms with van der Waals surface area (Å²) in [6, 6.07) is 0. The van der Waals surface area contributed by atoms with E-state index in [1.165, 1.54) is 6.08 Å². The van der Waals surface area contributed by atoms with Gasteiger partial charge >= 0.3 is 6.18 Å². The molecule has 0 saturated heterocycles. The first kappa shape index (κ1) is 7.38. The van der Waals surface area contributed by atoms with Gasteiger partial charge < -0.3 is 0 Å². The first-order valence-electron chi connectivity index (χ1n) is 2.68. The Morgan fingerprint density at radius 2 is 2.10 bits per heavy atom. The van der Waals surface area contributed by atoms with E-state index in [2.05, 4.69) is 12.5 Å². The van der Waals surface area contributed by atoms with Crippen LogP contribution in [0.3, 0.4) is 0 Å². The van der Waals surface area contributed by atoms with Crippen molar-refractivity contribution in [3.63, 3.8) is 0 Å². The molecule has 0 aromatic carbocycles. The van der Waals surface area contributed by atoms with E-state index in [9.17, 15) is 13.2 Å². The summed E-state index contributed by atoms with van der Waals surface area (Å²) in [6.07, 6.45) is 2.62. The molecule has 1 aliphatic rings. The van der Waals surface area contributed by atoms with Gasteiger partial charge in [-0.15, -0.1) is 0 Å². The lowest BCUT2D eigenvalue weighted by molar-refractivity contribution is -0.0932. The Balaban J connectivity index is 2.72. The molecule has 0 bridgehead atoms. The molecule has 0 aliphatic heterocycles. The highest BCUT2D eigenvalue weighted by Crippen LogP contribution is 2.30. The molecule has 1 rings (SSSR count). The summed E-state index contributed by atoms with van der Waals surface area (Å²) in [5.41, 5.74) is -0.564. The monoisotopic (exact) mass is 145 g/mol. The second-order valence-corrected chi connectivity index (χ2v) is 1.85. The number of hydrogen-bond donors (Lipinski definition) is 0. The fraction of sp³-hybridized carbons (Fsp3) is 0.286. The summed E-state index contributed by atoms with van der Waals surface area (Å²) in [7, 11) is 0. The number of allylic oxidation sites excluding steroid dienone is 4. The van der Waals surface area contributed by atoms with Crippen molar-refractivity contribution in [2.75, 3.05) is 0 Å². The second-order valence-electron chi connectivity index (χ2n) is 1.85. The highest BCUT2D eigenvalue weighted by Gasteiger charge is 2.32. The average Bonchev–Trinajstić information content (AvgIpc) is 1.88. The minimum atomic E-state index is -4.20. The van der Waals surface area contributed by atoms with Crippen LogP contribution < -0.4 is 0 Å². The van der Waals surface area contributed by atoms with Gasteiger partial charge in [0.1, 0.15) is 0 Å². The van der Waals surface area contributed by atoms with E-state index < -0.39 is 11.7 Å². The summed E-state index contributed by atoms with van der Waals surface area (Å²) in [5, 5.41) is 0. The van der Waals surface area contributed by atoms with Crippen LogP contribution in [0.1, 0.15) is 6.42 Å². The summed E-state index contributed by atoms with van der Waals surface area (Å²) < 4.78 is 35.4. The van der Waals surface area contributed by atoms with Crippen molar-refractivity contribution in [1.82, 2.24) is 0 Å². The number of hydrogen-bond acceptors (Lipinski definition) is 0. The van der Waals surface area contributed by atoms with Crippen molar-refractivity contribution < 1.29 is 13.2 Å². The van der Waals surface area contributed by atoms with E-state index in [0.29, 0.717) is 0 Å². The van der Waals surface area contributed by atoms with Crippen LogP contribution in [0.25, 0.3) is 0 Å². The smallest absolute Gasteiger partial charge is 0.166 e. The van der Waals surface area contributed by atoms with Crippen LogP contribution in [0.2, 0.25) is 0 Å². The van der Waals surface area contributed by atoms with Crippen LogP contribution in [0.15, 0.2) is 17.7 Å². The average molecular weight is 145 g/mol. The number of alkyl halides is 3. The Hall–Kier alpha value is -0.730. The molecule has 0 saturated carbocycles. The Labute approximate surface area is 57.0 Å². The van der Waals surface area contributed by atoms with Crippen molar-refractivity contribution in [2.24, 2.45) is 0 Å². The predicted molar refractivity (Wildman–Crippen MR) is 29.8 cm³/mol. The van der Waals surface area contributed by atoms with E-state index in [0.717, 1.165) is 6.08 Å². The lowest BCUT2D eigenvalue weighted by atomic mass is 10.1. The van der Waals surface area contributed by atoms with Gasteiger partial charge in [-0.3, -0.25) is 0 Å². The molecule has 0 spiro atoms. The minimum Gasteiger partial charge on any atom is -0.166 e. The fourth-order valence-corrected chi connectivity index (χ4v) is 0.601. The van der Waals surface area contributed by atoms with Gasteiger partial charge in [0.05, 0.1) is 0 Å². The van der Waals surface area contributed by atoms with Crippen LogP contribution in [0.5, 0.6) is 0 Å². The zero-order chi connectivity index (χ0) is 7.61. The highest BCUT2D eigenvalue weighted by atomic mass is 19.4. The third-order valence-electron chi connectivity index (χ3n) is 1.11. The quantitative estimate of drug-likeness (QED) is 0.490. The Kier molecular flexibility index (Phi) is 1.83. The molecule has 0 fully saturated rings. The van der Waals surface area contributed by atoms with Gasteiger partial charge in [-0.2, -0.15) is 13.2 Å². The highest BCUT2D eigenvalue weighted by molar-refractivity contribution is 5.23. The van der Waals surface area contributed by atoms with Gasteiger partial charge in [0.2, 0.25) is 0 Å². The maximum Gasteiger partial charge on any atom is 0.412 e. The molecule has 0 heterocycles. The summed E-state index contributed by atoms with van der Waals surface area (Å²) in [6.45, 7) is 0. The Morgan fingerprint density at radius 3 is 2.40 bits per heavy atom. The molecular weight excluding hydrogens is 141 g/mol. The minimum absolute atomic E-state index is 0.181. The van der Waals surface area contributed by atoms with Crippen molar-refractivity contribution in [3.8, 4) is 0 Å². The third-order valence-corrected chi connectivity index (χ3v) is 1.11. The lowest BCUT2D eigenvalue weighted by Crippen LogP contribution is -2.12. The maximum absolute atomic E-state index is 11.8. The molecule has 0 atom stereocenters. The molecule has 0 aromatic heterocycles. The van der Waals surface area contributed by atoms with E-state index in [1.807, 2.05) is 0 Å². The van der Waals surface area contributed by atoms with Crippen LogP contribution in [0, 0.1) is 12.5 Å². The maximum atomic E-state index is 11.8. The normalized spacial score (nSPS) is 18.9. The molecule has 3 heteroatoms. The summed E-state index contributed by atoms with van der Waals surface area (Å²) >= 11 is 0. The van der Waals surface area contributed by atoms with Gasteiger partial charge in [-0.1, -0.05) is 12.2 Å². The van der Waals surface area contributed by atoms with Crippen molar-refractivity contribution in [2.45, 2.75) is 12.6 Å². The standard InChI is InChI=1S/C7H4F3/c8-7(9,10)6-4-2-1-3-5-6/h2,4H,5H2. The molecule has 0 nitrogen and oxygen atoms in total. The van der Waals surface area contributed by atoms with Gasteiger partial charge in [0, 0.05) is 12.0 Å². The first-order chi connectivity index (χ1) is 4.61. The van der Waals surface area contributed by atoms with Crippen molar-refractivity contribution >= 4 is 0 Å². The molecule has 0 unspecified atom stereocenters. The lowest BCUT2D eigenvalue weighted by Gasteiger charge is -2.10. The zero-order valence-corrected chi connectivity index (χ0v) is 5.00. The van der Waals surface area contributed by atoms with Crippen LogP contribution in [-0.2, 0) is 0 Å². The molecule has 1 aliphatic carbocycles. The van der Waals surface area contributed by atoms with Crippen LogP contribution in [0.4, 0.5) is 13.2 Å². The van der Waals surface area contributed by atoms with Gasteiger partial charge in [0.25, 0.3) is 0 Å². The van der Waals surface area contributed by atoms with E-state index in [-0.39, 0.29) is 6.42 Å². The SMILES string of the molecule is FC(F)(F)C1=CC=[C][C]C1. The van der Waals surface area contributed by atoms with E-state index >= 15 is 0 Å². The Morgan fingerprint density at radius 1 is 1.40 bits per heavy atom. The largest absolute Gasteiger partial charge is 0.412 e. The molecule has 53 valence electrons. The van der Waals surface area contributed by atoms with Gasteiger partial charge in [-0.25, -0.2) is 0 Å². The zero-order valence-electron chi connectivity index (χ0n) is 5.00. The summed E-state index contributed by atoms with van der Waals surface area (Å²) in [5.74, 6) is 0. The van der Waals surface area contributed by atoms with Crippen molar-refractivity contribution in [1.29, 1.82) is 0 Å². The second kappa shape index (κ2) is 2.48. The molecular formula is C7H4F3. The number of rotatable bonds is 0. The van der Waals surface area contributed by atoms with E-state index in [4.69, 9.17) is 0 Å². The van der Waals surface area contributed by atoms with Gasteiger partial charge in [-0.05, 0) is 12.5 Å². The molecule has 10 heavy (non-hydrogen) atoms. The predicted octanol–water partition coefficient (Wildman–Crippen LogP) is 2.32.